The van der Waals surface area contributed by atoms with Gasteiger partial charge in [-0.3, -0.25) is 9.59 Å². The Morgan fingerprint density at radius 3 is 2.67 bits per heavy atom. The molecule has 1 heterocycles. The summed E-state index contributed by atoms with van der Waals surface area (Å²) in [5, 5.41) is 2.64. The Bertz CT molecular complexity index is 458. The maximum atomic E-state index is 12.9. The Morgan fingerprint density at radius 1 is 1.39 bits per heavy atom. The molecular weight excluding hydrogens is 237 g/mol. The van der Waals surface area contributed by atoms with Gasteiger partial charge in [-0.15, -0.1) is 0 Å². The van der Waals surface area contributed by atoms with Gasteiger partial charge in [0.15, 0.2) is 0 Å². The third kappa shape index (κ3) is 2.50. The van der Waals surface area contributed by atoms with E-state index in [1.54, 1.807) is 12.1 Å². The number of carbonyl (C=O) groups excluding carboxylic acids is 2. The molecule has 0 aromatic heterocycles. The quantitative estimate of drug-likeness (QED) is 0.804. The number of nitrogens with one attached hydrogen (secondary N) is 1. The number of benzene rings is 1. The van der Waals surface area contributed by atoms with Crippen LogP contribution in [0.3, 0.4) is 0 Å². The van der Waals surface area contributed by atoms with Crippen molar-refractivity contribution in [2.45, 2.75) is 12.3 Å². The summed E-state index contributed by atoms with van der Waals surface area (Å²) in [5.41, 5.74) is 0.779. The zero-order valence-electron chi connectivity index (χ0n) is 9.98. The van der Waals surface area contributed by atoms with Gasteiger partial charge in [-0.05, 0) is 17.7 Å². The molecular formula is C13H14FNO3. The van der Waals surface area contributed by atoms with Crippen molar-refractivity contribution < 1.29 is 18.7 Å². The third-order valence-corrected chi connectivity index (χ3v) is 3.21. The Labute approximate surface area is 104 Å². The van der Waals surface area contributed by atoms with Gasteiger partial charge in [0, 0.05) is 18.9 Å². The topological polar surface area (TPSA) is 55.4 Å². The molecule has 2 rings (SSSR count). The standard InChI is InChI=1S/C13H14FNO3/c1-18-13(17)11-7-15-12(16)6-10(11)8-2-4-9(14)5-3-8/h2-5,10-11H,6-7H2,1H3,(H,15,16). The first kappa shape index (κ1) is 12.5. The maximum absolute atomic E-state index is 12.9. The highest BCUT2D eigenvalue weighted by Crippen LogP contribution is 2.31. The zero-order valence-corrected chi connectivity index (χ0v) is 9.98. The minimum absolute atomic E-state index is 0.107. The number of methoxy groups -OCH3 is 1. The first-order valence-electron chi connectivity index (χ1n) is 5.72. The summed E-state index contributed by atoms with van der Waals surface area (Å²) in [5.74, 6) is -1.48. The minimum atomic E-state index is -0.418. The Kier molecular flexibility index (Phi) is 3.60. The van der Waals surface area contributed by atoms with Crippen molar-refractivity contribution in [1.82, 2.24) is 5.32 Å². The first-order chi connectivity index (χ1) is 8.61. The monoisotopic (exact) mass is 251 g/mol. The maximum Gasteiger partial charge on any atom is 0.311 e. The lowest BCUT2D eigenvalue weighted by Gasteiger charge is -2.29. The molecule has 1 saturated heterocycles. The molecule has 1 N–H and O–H groups in total. The SMILES string of the molecule is COC(=O)C1CNC(=O)CC1c1ccc(F)cc1. The molecule has 0 radical (unpaired) electrons. The van der Waals surface area contributed by atoms with E-state index in [1.165, 1.54) is 19.2 Å². The van der Waals surface area contributed by atoms with E-state index in [1.807, 2.05) is 0 Å². The molecule has 1 aromatic carbocycles. The van der Waals surface area contributed by atoms with Crippen molar-refractivity contribution in [2.24, 2.45) is 5.92 Å². The van der Waals surface area contributed by atoms with Crippen LogP contribution in [0.5, 0.6) is 0 Å². The van der Waals surface area contributed by atoms with Gasteiger partial charge in [-0.2, -0.15) is 0 Å². The largest absolute Gasteiger partial charge is 0.469 e. The molecule has 96 valence electrons. The van der Waals surface area contributed by atoms with E-state index < -0.39 is 5.92 Å². The third-order valence-electron chi connectivity index (χ3n) is 3.21. The number of amides is 1. The van der Waals surface area contributed by atoms with Crippen molar-refractivity contribution in [2.75, 3.05) is 13.7 Å². The lowest BCUT2D eigenvalue weighted by atomic mass is 9.81. The van der Waals surface area contributed by atoms with Crippen LogP contribution in [-0.4, -0.2) is 25.5 Å². The number of halogens is 1. The van der Waals surface area contributed by atoms with Gasteiger partial charge in [0.1, 0.15) is 5.82 Å². The van der Waals surface area contributed by atoms with Crippen molar-refractivity contribution in [3.63, 3.8) is 0 Å². The zero-order chi connectivity index (χ0) is 13.1. The average Bonchev–Trinajstić information content (AvgIpc) is 2.38. The normalized spacial score (nSPS) is 23.3. The summed E-state index contributed by atoms with van der Waals surface area (Å²) in [6.45, 7) is 0.257. The highest BCUT2D eigenvalue weighted by Gasteiger charge is 2.35. The fourth-order valence-corrected chi connectivity index (χ4v) is 2.24. The van der Waals surface area contributed by atoms with E-state index >= 15 is 0 Å². The van der Waals surface area contributed by atoms with Gasteiger partial charge in [-0.1, -0.05) is 12.1 Å². The average molecular weight is 251 g/mol. The van der Waals surface area contributed by atoms with Crippen LogP contribution >= 0.6 is 0 Å². The highest BCUT2D eigenvalue weighted by molar-refractivity contribution is 5.83. The van der Waals surface area contributed by atoms with Crippen LogP contribution in [0.4, 0.5) is 4.39 Å². The van der Waals surface area contributed by atoms with Gasteiger partial charge in [0.05, 0.1) is 13.0 Å². The summed E-state index contributed by atoms with van der Waals surface area (Å²) < 4.78 is 17.6. The fourth-order valence-electron chi connectivity index (χ4n) is 2.24. The summed E-state index contributed by atoms with van der Waals surface area (Å²) in [6.07, 6.45) is 0.214. The van der Waals surface area contributed by atoms with E-state index in [9.17, 15) is 14.0 Å². The number of carbonyl (C=O) groups is 2. The molecule has 1 aliphatic rings. The summed E-state index contributed by atoms with van der Waals surface area (Å²) in [6, 6.07) is 5.87. The van der Waals surface area contributed by atoms with Crippen LogP contribution in [-0.2, 0) is 14.3 Å². The minimum Gasteiger partial charge on any atom is -0.469 e. The molecule has 0 saturated carbocycles. The van der Waals surface area contributed by atoms with Crippen LogP contribution < -0.4 is 5.32 Å². The molecule has 1 fully saturated rings. The molecule has 0 spiro atoms. The molecule has 4 nitrogen and oxygen atoms in total. The molecule has 5 heteroatoms. The molecule has 1 amide bonds. The van der Waals surface area contributed by atoms with Crippen molar-refractivity contribution >= 4 is 11.9 Å². The van der Waals surface area contributed by atoms with E-state index in [4.69, 9.17) is 4.74 Å². The summed E-state index contributed by atoms with van der Waals surface area (Å²) in [7, 11) is 1.32. The summed E-state index contributed by atoms with van der Waals surface area (Å²) in [4.78, 5) is 23.1. The number of piperidine rings is 1. The number of hydrogen-bond acceptors (Lipinski definition) is 3. The van der Waals surface area contributed by atoms with E-state index in [-0.39, 0.29) is 36.6 Å². The van der Waals surface area contributed by atoms with Gasteiger partial charge >= 0.3 is 5.97 Å². The molecule has 0 bridgehead atoms. The predicted molar refractivity (Wildman–Crippen MR) is 62.3 cm³/mol. The van der Waals surface area contributed by atoms with Gasteiger partial charge < -0.3 is 10.1 Å². The summed E-state index contributed by atoms with van der Waals surface area (Å²) >= 11 is 0. The molecule has 2 unspecified atom stereocenters. The molecule has 2 atom stereocenters. The van der Waals surface area contributed by atoms with Gasteiger partial charge in [0.25, 0.3) is 0 Å². The molecule has 1 aromatic rings. The Balaban J connectivity index is 2.27. The number of hydrogen-bond donors (Lipinski definition) is 1. The smallest absolute Gasteiger partial charge is 0.311 e. The van der Waals surface area contributed by atoms with Gasteiger partial charge in [-0.25, -0.2) is 4.39 Å². The number of esters is 1. The second-order valence-corrected chi connectivity index (χ2v) is 4.30. The van der Waals surface area contributed by atoms with Crippen LogP contribution in [0.25, 0.3) is 0 Å². The Morgan fingerprint density at radius 2 is 2.06 bits per heavy atom. The second-order valence-electron chi connectivity index (χ2n) is 4.30. The van der Waals surface area contributed by atoms with Crippen LogP contribution in [0.2, 0.25) is 0 Å². The van der Waals surface area contributed by atoms with E-state index in [0.717, 1.165) is 5.56 Å². The van der Waals surface area contributed by atoms with Crippen molar-refractivity contribution in [3.05, 3.63) is 35.6 Å². The van der Waals surface area contributed by atoms with Crippen molar-refractivity contribution in [1.29, 1.82) is 0 Å². The van der Waals surface area contributed by atoms with Gasteiger partial charge in [0.2, 0.25) is 5.91 Å². The molecule has 0 aliphatic carbocycles. The van der Waals surface area contributed by atoms with Crippen LogP contribution in [0.15, 0.2) is 24.3 Å². The highest BCUT2D eigenvalue weighted by atomic mass is 19.1. The van der Waals surface area contributed by atoms with E-state index in [2.05, 4.69) is 5.32 Å². The van der Waals surface area contributed by atoms with Crippen LogP contribution in [0.1, 0.15) is 17.9 Å². The lowest BCUT2D eigenvalue weighted by Crippen LogP contribution is -2.43. The predicted octanol–water partition coefficient (Wildman–Crippen LogP) is 1.22. The number of rotatable bonds is 2. The fraction of sp³-hybridized carbons (Fsp3) is 0.385. The first-order valence-corrected chi connectivity index (χ1v) is 5.72. The molecule has 18 heavy (non-hydrogen) atoms. The van der Waals surface area contributed by atoms with E-state index in [0.29, 0.717) is 0 Å². The van der Waals surface area contributed by atoms with Crippen molar-refractivity contribution in [3.8, 4) is 0 Å². The molecule has 1 aliphatic heterocycles. The lowest BCUT2D eigenvalue weighted by molar-refractivity contribution is -0.147. The Hall–Kier alpha value is -1.91. The second kappa shape index (κ2) is 5.16. The van der Waals surface area contributed by atoms with Crippen LogP contribution in [0, 0.1) is 11.7 Å². The number of ether oxygens (including phenoxy) is 1.